The number of carbonyl (C=O) groups excluding carboxylic acids is 1. The van der Waals surface area contributed by atoms with Crippen LogP contribution in [-0.2, 0) is 4.79 Å². The van der Waals surface area contributed by atoms with Crippen molar-refractivity contribution in [2.24, 2.45) is 5.73 Å². The van der Waals surface area contributed by atoms with Crippen LogP contribution in [0.3, 0.4) is 0 Å². The predicted molar refractivity (Wildman–Crippen MR) is 56.9 cm³/mol. The van der Waals surface area contributed by atoms with E-state index in [1.165, 1.54) is 0 Å². The van der Waals surface area contributed by atoms with E-state index < -0.39 is 0 Å². The topological polar surface area (TPSA) is 58.4 Å². The highest BCUT2D eigenvalue weighted by atomic mass is 16.1. The number of amides is 1. The highest BCUT2D eigenvalue weighted by Crippen LogP contribution is 2.22. The number of primary amides is 1. The third-order valence-corrected chi connectivity index (χ3v) is 3.46. The molecule has 1 aliphatic heterocycles. The van der Waals surface area contributed by atoms with Crippen molar-refractivity contribution in [1.29, 1.82) is 0 Å². The first-order chi connectivity index (χ1) is 6.48. The Morgan fingerprint density at radius 2 is 2.00 bits per heavy atom. The summed E-state index contributed by atoms with van der Waals surface area (Å²) in [5.41, 5.74) is 5.50. The summed E-state index contributed by atoms with van der Waals surface area (Å²) in [6.45, 7) is 5.99. The molecular formula is C10H21N3O. The molecule has 1 saturated heterocycles. The molecule has 1 unspecified atom stereocenters. The SMILES string of the molecule is CNC1(C)CCN(C(C)C(N)=O)CC1. The lowest BCUT2D eigenvalue weighted by Gasteiger charge is -2.40. The Morgan fingerprint density at radius 3 is 2.36 bits per heavy atom. The molecule has 0 aromatic rings. The molecule has 0 aromatic carbocycles. The Morgan fingerprint density at radius 1 is 1.50 bits per heavy atom. The van der Waals surface area contributed by atoms with Gasteiger partial charge in [0.1, 0.15) is 0 Å². The Bertz CT molecular complexity index is 209. The first-order valence-electron chi connectivity index (χ1n) is 5.21. The first kappa shape index (κ1) is 11.5. The summed E-state index contributed by atoms with van der Waals surface area (Å²) in [5.74, 6) is -0.224. The van der Waals surface area contributed by atoms with Crippen LogP contribution in [0.1, 0.15) is 26.7 Å². The minimum Gasteiger partial charge on any atom is -0.368 e. The number of hydrogen-bond acceptors (Lipinski definition) is 3. The average molecular weight is 199 g/mol. The number of nitrogens with two attached hydrogens (primary N) is 1. The van der Waals surface area contributed by atoms with Crippen molar-refractivity contribution in [2.75, 3.05) is 20.1 Å². The maximum absolute atomic E-state index is 11.0. The monoisotopic (exact) mass is 199 g/mol. The summed E-state index contributed by atoms with van der Waals surface area (Å²) in [6, 6.07) is -0.128. The maximum Gasteiger partial charge on any atom is 0.234 e. The zero-order chi connectivity index (χ0) is 10.8. The van der Waals surface area contributed by atoms with Gasteiger partial charge in [-0.25, -0.2) is 0 Å². The maximum atomic E-state index is 11.0. The van der Waals surface area contributed by atoms with Crippen LogP contribution >= 0.6 is 0 Å². The molecular weight excluding hydrogens is 178 g/mol. The fourth-order valence-corrected chi connectivity index (χ4v) is 1.83. The molecule has 14 heavy (non-hydrogen) atoms. The van der Waals surface area contributed by atoms with E-state index in [0.29, 0.717) is 0 Å². The Hall–Kier alpha value is -0.610. The van der Waals surface area contributed by atoms with Crippen LogP contribution < -0.4 is 11.1 Å². The fraction of sp³-hybridized carbons (Fsp3) is 0.900. The normalized spacial score (nSPS) is 24.5. The molecule has 0 spiro atoms. The first-order valence-corrected chi connectivity index (χ1v) is 5.21. The molecule has 1 fully saturated rings. The molecule has 0 radical (unpaired) electrons. The number of carbonyl (C=O) groups is 1. The highest BCUT2D eigenvalue weighted by Gasteiger charge is 2.31. The van der Waals surface area contributed by atoms with Gasteiger partial charge in [0.2, 0.25) is 5.91 Å². The van der Waals surface area contributed by atoms with Gasteiger partial charge in [0.25, 0.3) is 0 Å². The van der Waals surface area contributed by atoms with E-state index in [2.05, 4.69) is 17.1 Å². The zero-order valence-corrected chi connectivity index (χ0v) is 9.34. The quantitative estimate of drug-likeness (QED) is 0.669. The van der Waals surface area contributed by atoms with Crippen LogP contribution in [0.5, 0.6) is 0 Å². The lowest BCUT2D eigenvalue weighted by atomic mass is 9.89. The summed E-state index contributed by atoms with van der Waals surface area (Å²) >= 11 is 0. The lowest BCUT2D eigenvalue weighted by Crippen LogP contribution is -2.54. The van der Waals surface area contributed by atoms with Gasteiger partial charge in [-0.1, -0.05) is 0 Å². The van der Waals surface area contributed by atoms with Crippen LogP contribution in [0.25, 0.3) is 0 Å². The van der Waals surface area contributed by atoms with Crippen LogP contribution in [0, 0.1) is 0 Å². The minimum absolute atomic E-state index is 0.128. The van der Waals surface area contributed by atoms with Gasteiger partial charge in [0.15, 0.2) is 0 Å². The van der Waals surface area contributed by atoms with E-state index in [0.717, 1.165) is 25.9 Å². The molecule has 1 amide bonds. The highest BCUT2D eigenvalue weighted by molar-refractivity contribution is 5.79. The van der Waals surface area contributed by atoms with Gasteiger partial charge < -0.3 is 11.1 Å². The van der Waals surface area contributed by atoms with Gasteiger partial charge >= 0.3 is 0 Å². The van der Waals surface area contributed by atoms with E-state index >= 15 is 0 Å². The van der Waals surface area contributed by atoms with E-state index in [1.807, 2.05) is 14.0 Å². The van der Waals surface area contributed by atoms with Gasteiger partial charge in [-0.05, 0) is 33.7 Å². The summed E-state index contributed by atoms with van der Waals surface area (Å²) in [6.07, 6.45) is 2.14. The third kappa shape index (κ3) is 2.45. The van der Waals surface area contributed by atoms with E-state index in [4.69, 9.17) is 5.73 Å². The number of likely N-dealkylation sites (tertiary alicyclic amines) is 1. The Labute approximate surface area is 85.8 Å². The van der Waals surface area contributed by atoms with Gasteiger partial charge in [-0.3, -0.25) is 9.69 Å². The van der Waals surface area contributed by atoms with Crippen LogP contribution in [0.2, 0.25) is 0 Å². The molecule has 1 rings (SSSR count). The largest absolute Gasteiger partial charge is 0.368 e. The van der Waals surface area contributed by atoms with Crippen LogP contribution in [-0.4, -0.2) is 42.5 Å². The van der Waals surface area contributed by atoms with Crippen molar-refractivity contribution in [3.05, 3.63) is 0 Å². The third-order valence-electron chi connectivity index (χ3n) is 3.46. The molecule has 82 valence electrons. The molecule has 1 aliphatic rings. The van der Waals surface area contributed by atoms with Crippen molar-refractivity contribution in [3.8, 4) is 0 Å². The molecule has 4 heteroatoms. The van der Waals surface area contributed by atoms with E-state index in [-0.39, 0.29) is 17.5 Å². The number of nitrogens with one attached hydrogen (secondary N) is 1. The van der Waals surface area contributed by atoms with Gasteiger partial charge in [0.05, 0.1) is 6.04 Å². The fourth-order valence-electron chi connectivity index (χ4n) is 1.83. The molecule has 0 saturated carbocycles. The minimum atomic E-state index is -0.224. The second kappa shape index (κ2) is 4.28. The molecule has 0 bridgehead atoms. The molecule has 1 heterocycles. The lowest BCUT2D eigenvalue weighted by molar-refractivity contribution is -0.123. The van der Waals surface area contributed by atoms with E-state index in [1.54, 1.807) is 0 Å². The van der Waals surface area contributed by atoms with Crippen LogP contribution in [0.15, 0.2) is 0 Å². The molecule has 0 aromatic heterocycles. The number of nitrogens with zero attached hydrogens (tertiary/aromatic N) is 1. The van der Waals surface area contributed by atoms with Crippen molar-refractivity contribution in [1.82, 2.24) is 10.2 Å². The van der Waals surface area contributed by atoms with Crippen molar-refractivity contribution < 1.29 is 4.79 Å². The Balaban J connectivity index is 2.47. The second-order valence-corrected chi connectivity index (χ2v) is 4.42. The number of rotatable bonds is 3. The number of piperidine rings is 1. The second-order valence-electron chi connectivity index (χ2n) is 4.42. The molecule has 0 aliphatic carbocycles. The summed E-state index contributed by atoms with van der Waals surface area (Å²) < 4.78 is 0. The van der Waals surface area contributed by atoms with Crippen molar-refractivity contribution in [3.63, 3.8) is 0 Å². The smallest absolute Gasteiger partial charge is 0.234 e. The van der Waals surface area contributed by atoms with E-state index in [9.17, 15) is 4.79 Å². The van der Waals surface area contributed by atoms with Gasteiger partial charge in [-0.15, -0.1) is 0 Å². The molecule has 4 nitrogen and oxygen atoms in total. The van der Waals surface area contributed by atoms with Crippen molar-refractivity contribution in [2.45, 2.75) is 38.3 Å². The summed E-state index contributed by atoms with van der Waals surface area (Å²) in [5, 5.41) is 3.33. The van der Waals surface area contributed by atoms with Crippen molar-refractivity contribution >= 4 is 5.91 Å². The van der Waals surface area contributed by atoms with Crippen LogP contribution in [0.4, 0.5) is 0 Å². The summed E-state index contributed by atoms with van der Waals surface area (Å²) in [7, 11) is 1.99. The molecule has 3 N–H and O–H groups in total. The standard InChI is InChI=1S/C10H21N3O/c1-8(9(11)14)13-6-4-10(2,12-3)5-7-13/h8,12H,4-7H2,1-3H3,(H2,11,14). The number of hydrogen-bond donors (Lipinski definition) is 2. The molecule has 1 atom stereocenters. The Kier molecular flexibility index (Phi) is 3.50. The van der Waals surface area contributed by atoms with Gasteiger partial charge in [-0.2, -0.15) is 0 Å². The predicted octanol–water partition coefficient (Wildman–Crippen LogP) is -0.0659. The zero-order valence-electron chi connectivity index (χ0n) is 9.34. The summed E-state index contributed by atoms with van der Waals surface area (Å²) in [4.78, 5) is 13.1. The van der Waals surface area contributed by atoms with Gasteiger partial charge in [0, 0.05) is 18.6 Å². The average Bonchev–Trinajstić information content (AvgIpc) is 2.18.